The zero-order valence-electron chi connectivity index (χ0n) is 12.6. The molecule has 3 amide bonds. The van der Waals surface area contributed by atoms with Crippen LogP contribution in [0.25, 0.3) is 0 Å². The summed E-state index contributed by atoms with van der Waals surface area (Å²) in [7, 11) is 3.29. The molecule has 0 bridgehead atoms. The van der Waals surface area contributed by atoms with Crippen LogP contribution in [0.4, 0.5) is 20.6 Å². The molecule has 5 nitrogen and oxygen atoms in total. The van der Waals surface area contributed by atoms with Crippen molar-refractivity contribution in [1.82, 2.24) is 4.90 Å². The Bertz CT molecular complexity index is 750. The van der Waals surface area contributed by atoms with Crippen LogP contribution in [-0.4, -0.2) is 30.9 Å². The van der Waals surface area contributed by atoms with Gasteiger partial charge in [0.25, 0.3) is 5.91 Å². The van der Waals surface area contributed by atoms with Gasteiger partial charge in [0.15, 0.2) is 0 Å². The zero-order chi connectivity index (χ0) is 17.0. The quantitative estimate of drug-likeness (QED) is 0.895. The minimum atomic E-state index is -0.562. The Morgan fingerprint density at radius 2 is 1.70 bits per heavy atom. The third kappa shape index (κ3) is 4.43. The average molecular weight is 336 g/mol. The summed E-state index contributed by atoms with van der Waals surface area (Å²) in [6.45, 7) is 0. The lowest BCUT2D eigenvalue weighted by molar-refractivity contribution is 0.0827. The second-order valence-corrected chi connectivity index (χ2v) is 5.40. The maximum atomic E-state index is 13.1. The average Bonchev–Trinajstić information content (AvgIpc) is 2.50. The molecule has 120 valence electrons. The molecule has 0 aliphatic carbocycles. The van der Waals surface area contributed by atoms with E-state index < -0.39 is 11.8 Å². The van der Waals surface area contributed by atoms with E-state index in [1.54, 1.807) is 38.4 Å². The SMILES string of the molecule is CN(C)C(=O)c1cccc(NC(=O)Nc2ccc(F)c(Cl)c2)c1. The van der Waals surface area contributed by atoms with E-state index in [-0.39, 0.29) is 10.9 Å². The van der Waals surface area contributed by atoms with E-state index in [2.05, 4.69) is 10.6 Å². The highest BCUT2D eigenvalue weighted by Crippen LogP contribution is 2.19. The largest absolute Gasteiger partial charge is 0.345 e. The van der Waals surface area contributed by atoms with Crippen molar-refractivity contribution in [2.24, 2.45) is 0 Å². The number of hydrogen-bond acceptors (Lipinski definition) is 2. The molecule has 0 radical (unpaired) electrons. The summed E-state index contributed by atoms with van der Waals surface area (Å²) in [6.07, 6.45) is 0. The van der Waals surface area contributed by atoms with Gasteiger partial charge in [-0.25, -0.2) is 9.18 Å². The Balaban J connectivity index is 2.06. The molecule has 0 saturated heterocycles. The third-order valence-corrected chi connectivity index (χ3v) is 3.24. The molecule has 0 aliphatic rings. The van der Waals surface area contributed by atoms with Gasteiger partial charge in [0.1, 0.15) is 5.82 Å². The van der Waals surface area contributed by atoms with Crippen LogP contribution in [0.5, 0.6) is 0 Å². The van der Waals surface area contributed by atoms with Crippen LogP contribution in [0.2, 0.25) is 5.02 Å². The number of amides is 3. The minimum absolute atomic E-state index is 0.0821. The van der Waals surface area contributed by atoms with Crippen molar-refractivity contribution in [3.05, 3.63) is 58.9 Å². The predicted octanol–water partition coefficient (Wildman–Crippen LogP) is 3.82. The Hall–Kier alpha value is -2.60. The molecule has 2 aromatic carbocycles. The predicted molar refractivity (Wildman–Crippen MR) is 88.5 cm³/mol. The molecular formula is C16H15ClFN3O2. The van der Waals surface area contributed by atoms with E-state index in [0.717, 1.165) is 6.07 Å². The van der Waals surface area contributed by atoms with E-state index in [1.165, 1.54) is 17.0 Å². The molecule has 0 unspecified atom stereocenters. The summed E-state index contributed by atoms with van der Waals surface area (Å²) in [4.78, 5) is 25.3. The smallest absolute Gasteiger partial charge is 0.323 e. The zero-order valence-corrected chi connectivity index (χ0v) is 13.3. The van der Waals surface area contributed by atoms with Gasteiger partial charge in [-0.2, -0.15) is 0 Å². The second-order valence-electron chi connectivity index (χ2n) is 4.99. The first-order valence-electron chi connectivity index (χ1n) is 6.71. The summed E-state index contributed by atoms with van der Waals surface area (Å²) in [5.74, 6) is -0.730. The van der Waals surface area contributed by atoms with Crippen molar-refractivity contribution in [1.29, 1.82) is 0 Å². The maximum absolute atomic E-state index is 13.1. The summed E-state index contributed by atoms with van der Waals surface area (Å²) in [5.41, 5.74) is 1.27. The van der Waals surface area contributed by atoms with Crippen molar-refractivity contribution < 1.29 is 14.0 Å². The number of urea groups is 1. The van der Waals surface area contributed by atoms with Gasteiger partial charge < -0.3 is 15.5 Å². The first kappa shape index (κ1) is 16.8. The van der Waals surface area contributed by atoms with Gasteiger partial charge >= 0.3 is 6.03 Å². The Kier molecular flexibility index (Phi) is 5.18. The number of carbonyl (C=O) groups is 2. The maximum Gasteiger partial charge on any atom is 0.323 e. The molecular weight excluding hydrogens is 321 g/mol. The Morgan fingerprint density at radius 3 is 2.30 bits per heavy atom. The van der Waals surface area contributed by atoms with Gasteiger partial charge in [0.05, 0.1) is 5.02 Å². The highest BCUT2D eigenvalue weighted by molar-refractivity contribution is 6.31. The van der Waals surface area contributed by atoms with Crippen molar-refractivity contribution in [3.63, 3.8) is 0 Å². The number of nitrogens with one attached hydrogen (secondary N) is 2. The number of hydrogen-bond donors (Lipinski definition) is 2. The first-order chi connectivity index (χ1) is 10.9. The number of rotatable bonds is 3. The normalized spacial score (nSPS) is 10.1. The van der Waals surface area contributed by atoms with Crippen LogP contribution in [0.15, 0.2) is 42.5 Å². The van der Waals surface area contributed by atoms with Crippen LogP contribution >= 0.6 is 11.6 Å². The fourth-order valence-corrected chi connectivity index (χ4v) is 2.04. The monoisotopic (exact) mass is 335 g/mol. The molecule has 7 heteroatoms. The second kappa shape index (κ2) is 7.11. The van der Waals surface area contributed by atoms with Crippen molar-refractivity contribution in [2.45, 2.75) is 0 Å². The molecule has 0 fully saturated rings. The van der Waals surface area contributed by atoms with Crippen molar-refractivity contribution in [2.75, 3.05) is 24.7 Å². The summed E-state index contributed by atoms with van der Waals surface area (Å²) >= 11 is 5.65. The summed E-state index contributed by atoms with van der Waals surface area (Å²) in [6, 6.07) is 9.89. The fraction of sp³-hybridized carbons (Fsp3) is 0.125. The lowest BCUT2D eigenvalue weighted by Crippen LogP contribution is -2.22. The van der Waals surface area contributed by atoms with Gasteiger partial charge in [0, 0.05) is 31.0 Å². The van der Waals surface area contributed by atoms with E-state index >= 15 is 0 Å². The number of halogens is 2. The van der Waals surface area contributed by atoms with Crippen LogP contribution in [0, 0.1) is 5.82 Å². The molecule has 0 heterocycles. The molecule has 2 aromatic rings. The van der Waals surface area contributed by atoms with E-state index in [0.29, 0.717) is 16.9 Å². The van der Waals surface area contributed by atoms with Crippen molar-refractivity contribution in [3.8, 4) is 0 Å². The number of anilines is 2. The summed E-state index contributed by atoms with van der Waals surface area (Å²) < 4.78 is 13.1. The lowest BCUT2D eigenvalue weighted by Gasteiger charge is -2.12. The van der Waals surface area contributed by atoms with Gasteiger partial charge in [-0.05, 0) is 36.4 Å². The molecule has 0 aliphatic heterocycles. The van der Waals surface area contributed by atoms with Gasteiger partial charge in [-0.1, -0.05) is 17.7 Å². The lowest BCUT2D eigenvalue weighted by atomic mass is 10.2. The molecule has 0 spiro atoms. The highest BCUT2D eigenvalue weighted by atomic mass is 35.5. The molecule has 2 N–H and O–H groups in total. The summed E-state index contributed by atoms with van der Waals surface area (Å²) in [5, 5.41) is 5.05. The minimum Gasteiger partial charge on any atom is -0.345 e. The number of carbonyl (C=O) groups excluding carboxylic acids is 2. The van der Waals surface area contributed by atoms with Crippen molar-refractivity contribution >= 4 is 34.9 Å². The van der Waals surface area contributed by atoms with E-state index in [4.69, 9.17) is 11.6 Å². The van der Waals surface area contributed by atoms with Crippen LogP contribution in [-0.2, 0) is 0 Å². The topological polar surface area (TPSA) is 61.4 Å². The molecule has 2 rings (SSSR count). The third-order valence-electron chi connectivity index (χ3n) is 2.95. The number of benzene rings is 2. The number of nitrogens with zero attached hydrogens (tertiary/aromatic N) is 1. The standard InChI is InChI=1S/C16H15ClFN3O2/c1-21(2)15(22)10-4-3-5-11(8-10)19-16(23)20-12-6-7-14(18)13(17)9-12/h3-9H,1-2H3,(H2,19,20,23). The van der Waals surface area contributed by atoms with Crippen LogP contribution < -0.4 is 10.6 Å². The molecule has 0 saturated carbocycles. The highest BCUT2D eigenvalue weighted by Gasteiger charge is 2.10. The molecule has 23 heavy (non-hydrogen) atoms. The van der Waals surface area contributed by atoms with E-state index in [1.807, 2.05) is 0 Å². The van der Waals surface area contributed by atoms with Crippen LogP contribution in [0.1, 0.15) is 10.4 Å². The van der Waals surface area contributed by atoms with E-state index in [9.17, 15) is 14.0 Å². The van der Waals surface area contributed by atoms with Gasteiger partial charge in [0.2, 0.25) is 0 Å². The van der Waals surface area contributed by atoms with Gasteiger partial charge in [-0.15, -0.1) is 0 Å². The fourth-order valence-electron chi connectivity index (χ4n) is 1.86. The first-order valence-corrected chi connectivity index (χ1v) is 7.09. The Morgan fingerprint density at radius 1 is 1.04 bits per heavy atom. The van der Waals surface area contributed by atoms with Gasteiger partial charge in [-0.3, -0.25) is 4.79 Å². The molecule has 0 atom stereocenters. The Labute approximate surface area is 138 Å². The van der Waals surface area contributed by atoms with Crippen LogP contribution in [0.3, 0.4) is 0 Å². The molecule has 0 aromatic heterocycles.